The molecule has 0 aliphatic heterocycles. The Morgan fingerprint density at radius 3 is 2.71 bits per heavy atom. The fourth-order valence-electron chi connectivity index (χ4n) is 1.86. The molecule has 0 spiro atoms. The lowest BCUT2D eigenvalue weighted by atomic mass is 10.2. The zero-order valence-electron chi connectivity index (χ0n) is 11.8. The van der Waals surface area contributed by atoms with Gasteiger partial charge in [-0.3, -0.25) is 4.90 Å². The van der Waals surface area contributed by atoms with E-state index >= 15 is 0 Å². The highest BCUT2D eigenvalue weighted by atomic mass is 35.5. The highest BCUT2D eigenvalue weighted by molar-refractivity contribution is 6.30. The van der Waals surface area contributed by atoms with Crippen LogP contribution in [0, 0.1) is 0 Å². The Bertz CT molecular complexity index is 545. The summed E-state index contributed by atoms with van der Waals surface area (Å²) in [7, 11) is 1.64. The first kappa shape index (κ1) is 15.9. The third kappa shape index (κ3) is 4.78. The van der Waals surface area contributed by atoms with Gasteiger partial charge in [0.2, 0.25) is 11.7 Å². The fraction of sp³-hybridized carbons (Fsp3) is 0.429. The topological polar surface area (TPSA) is 71.6 Å². The fourth-order valence-corrected chi connectivity index (χ4v) is 1.98. The summed E-state index contributed by atoms with van der Waals surface area (Å²) in [6.07, 6.45) is 0. The van der Waals surface area contributed by atoms with E-state index in [-0.39, 0.29) is 6.61 Å². The van der Waals surface area contributed by atoms with Crippen molar-refractivity contribution in [3.05, 3.63) is 35.2 Å². The normalized spacial score (nSPS) is 11.2. The highest BCUT2D eigenvalue weighted by Gasteiger charge is 2.12. The molecule has 0 aliphatic carbocycles. The summed E-state index contributed by atoms with van der Waals surface area (Å²) < 4.78 is 10.3. The maximum Gasteiger partial charge on any atom is 0.241 e. The Morgan fingerprint density at radius 2 is 2.05 bits per heavy atom. The molecule has 2 rings (SSSR count). The zero-order chi connectivity index (χ0) is 15.1. The minimum atomic E-state index is 0.0713. The van der Waals surface area contributed by atoms with Gasteiger partial charge in [-0.1, -0.05) is 16.8 Å². The van der Waals surface area contributed by atoms with Crippen LogP contribution in [0.1, 0.15) is 5.89 Å². The number of aliphatic hydroxyl groups is 1. The predicted molar refractivity (Wildman–Crippen MR) is 79.0 cm³/mol. The molecule has 0 saturated carbocycles. The van der Waals surface area contributed by atoms with Crippen LogP contribution in [0.25, 0.3) is 11.4 Å². The molecule has 6 nitrogen and oxygen atoms in total. The molecule has 21 heavy (non-hydrogen) atoms. The van der Waals surface area contributed by atoms with Gasteiger partial charge < -0.3 is 14.4 Å². The molecular weight excluding hydrogens is 294 g/mol. The van der Waals surface area contributed by atoms with Gasteiger partial charge >= 0.3 is 0 Å². The van der Waals surface area contributed by atoms with E-state index in [2.05, 4.69) is 10.1 Å². The van der Waals surface area contributed by atoms with E-state index in [0.29, 0.717) is 43.0 Å². The van der Waals surface area contributed by atoms with Gasteiger partial charge in [0.1, 0.15) is 0 Å². The van der Waals surface area contributed by atoms with Crippen LogP contribution >= 0.6 is 11.6 Å². The Kier molecular flexibility index (Phi) is 6.13. The number of rotatable bonds is 8. The summed E-state index contributed by atoms with van der Waals surface area (Å²) in [5.41, 5.74) is 0.847. The van der Waals surface area contributed by atoms with Crippen LogP contribution in [0.3, 0.4) is 0 Å². The molecule has 0 aliphatic rings. The lowest BCUT2D eigenvalue weighted by molar-refractivity contribution is 0.118. The number of halogens is 1. The molecule has 0 atom stereocenters. The first-order valence-electron chi connectivity index (χ1n) is 6.63. The first-order chi connectivity index (χ1) is 10.2. The van der Waals surface area contributed by atoms with Crippen molar-refractivity contribution in [1.82, 2.24) is 15.0 Å². The van der Waals surface area contributed by atoms with Crippen LogP contribution in [0.4, 0.5) is 0 Å². The van der Waals surface area contributed by atoms with Gasteiger partial charge in [-0.25, -0.2) is 0 Å². The third-order valence-corrected chi connectivity index (χ3v) is 3.21. The van der Waals surface area contributed by atoms with Gasteiger partial charge in [0.05, 0.1) is 19.8 Å². The lowest BCUT2D eigenvalue weighted by Crippen LogP contribution is -2.29. The van der Waals surface area contributed by atoms with E-state index in [0.717, 1.165) is 5.56 Å². The predicted octanol–water partition coefficient (Wildman–Crippen LogP) is 1.83. The molecule has 7 heteroatoms. The van der Waals surface area contributed by atoms with Gasteiger partial charge in [-0.15, -0.1) is 0 Å². The van der Waals surface area contributed by atoms with Crippen molar-refractivity contribution in [2.45, 2.75) is 6.54 Å². The second-order valence-corrected chi connectivity index (χ2v) is 4.95. The standard InChI is InChI=1S/C14H18ClN3O3/c1-20-9-7-18(6-8-19)10-13-16-14(17-21-13)11-2-4-12(15)5-3-11/h2-5,19H,6-10H2,1H3. The molecule has 0 radical (unpaired) electrons. The van der Waals surface area contributed by atoms with Crippen molar-refractivity contribution in [1.29, 1.82) is 0 Å². The molecule has 0 unspecified atom stereocenters. The number of hydrogen-bond donors (Lipinski definition) is 1. The number of methoxy groups -OCH3 is 1. The summed E-state index contributed by atoms with van der Waals surface area (Å²) >= 11 is 5.85. The molecule has 0 amide bonds. The van der Waals surface area contributed by atoms with Gasteiger partial charge in [0.15, 0.2) is 0 Å². The van der Waals surface area contributed by atoms with Crippen LogP contribution < -0.4 is 0 Å². The molecule has 1 aromatic heterocycles. The Labute approximate surface area is 128 Å². The van der Waals surface area contributed by atoms with Crippen molar-refractivity contribution in [2.24, 2.45) is 0 Å². The second-order valence-electron chi connectivity index (χ2n) is 4.51. The summed E-state index contributed by atoms with van der Waals surface area (Å²) in [4.78, 5) is 6.34. The number of nitrogens with zero attached hydrogens (tertiary/aromatic N) is 3. The molecule has 0 bridgehead atoms. The van der Waals surface area contributed by atoms with Crippen LogP contribution in [-0.2, 0) is 11.3 Å². The van der Waals surface area contributed by atoms with Gasteiger partial charge in [0, 0.05) is 30.8 Å². The van der Waals surface area contributed by atoms with E-state index in [1.54, 1.807) is 19.2 Å². The maximum atomic E-state index is 9.06. The van der Waals surface area contributed by atoms with Crippen LogP contribution in [0.2, 0.25) is 5.02 Å². The number of benzene rings is 1. The van der Waals surface area contributed by atoms with Crippen LogP contribution in [0.15, 0.2) is 28.8 Å². The second kappa shape index (κ2) is 8.09. The van der Waals surface area contributed by atoms with E-state index in [1.165, 1.54) is 0 Å². The SMILES string of the molecule is COCCN(CCO)Cc1nc(-c2ccc(Cl)cc2)no1. The monoisotopic (exact) mass is 311 g/mol. The van der Waals surface area contributed by atoms with E-state index in [1.807, 2.05) is 17.0 Å². The van der Waals surface area contributed by atoms with E-state index in [4.69, 9.17) is 26.0 Å². The minimum Gasteiger partial charge on any atom is -0.395 e. The average molecular weight is 312 g/mol. The average Bonchev–Trinajstić information content (AvgIpc) is 2.94. The largest absolute Gasteiger partial charge is 0.395 e. The van der Waals surface area contributed by atoms with Crippen molar-refractivity contribution in [3.8, 4) is 11.4 Å². The van der Waals surface area contributed by atoms with E-state index in [9.17, 15) is 0 Å². The molecule has 2 aromatic rings. The van der Waals surface area contributed by atoms with Crippen molar-refractivity contribution in [2.75, 3.05) is 33.4 Å². The number of aromatic nitrogens is 2. The zero-order valence-corrected chi connectivity index (χ0v) is 12.6. The van der Waals surface area contributed by atoms with Crippen molar-refractivity contribution >= 4 is 11.6 Å². The van der Waals surface area contributed by atoms with Crippen molar-refractivity contribution in [3.63, 3.8) is 0 Å². The van der Waals surface area contributed by atoms with E-state index < -0.39 is 0 Å². The Hall–Kier alpha value is -1.47. The Balaban J connectivity index is 2.02. The highest BCUT2D eigenvalue weighted by Crippen LogP contribution is 2.19. The van der Waals surface area contributed by atoms with Gasteiger partial charge in [0.25, 0.3) is 0 Å². The number of aliphatic hydroxyl groups excluding tert-OH is 1. The molecule has 0 fully saturated rings. The smallest absolute Gasteiger partial charge is 0.241 e. The molecule has 1 heterocycles. The molecule has 1 N–H and O–H groups in total. The van der Waals surface area contributed by atoms with Crippen molar-refractivity contribution < 1.29 is 14.4 Å². The summed E-state index contributed by atoms with van der Waals surface area (Å²) in [6.45, 7) is 2.35. The van der Waals surface area contributed by atoms with Crippen LogP contribution in [-0.4, -0.2) is 53.6 Å². The third-order valence-electron chi connectivity index (χ3n) is 2.96. The van der Waals surface area contributed by atoms with Gasteiger partial charge in [-0.2, -0.15) is 4.98 Å². The summed E-state index contributed by atoms with van der Waals surface area (Å²) in [5.74, 6) is 1.03. The quantitative estimate of drug-likeness (QED) is 0.802. The van der Waals surface area contributed by atoms with Gasteiger partial charge in [-0.05, 0) is 24.3 Å². The molecular formula is C14H18ClN3O3. The first-order valence-corrected chi connectivity index (χ1v) is 7.01. The summed E-state index contributed by atoms with van der Waals surface area (Å²) in [6, 6.07) is 7.24. The Morgan fingerprint density at radius 1 is 1.29 bits per heavy atom. The number of hydrogen-bond acceptors (Lipinski definition) is 6. The summed E-state index contributed by atoms with van der Waals surface area (Å²) in [5, 5.41) is 13.7. The maximum absolute atomic E-state index is 9.06. The lowest BCUT2D eigenvalue weighted by Gasteiger charge is -2.18. The molecule has 0 saturated heterocycles. The minimum absolute atomic E-state index is 0.0713. The number of ether oxygens (including phenoxy) is 1. The molecule has 1 aromatic carbocycles. The molecule has 114 valence electrons. The van der Waals surface area contributed by atoms with Crippen LogP contribution in [0.5, 0.6) is 0 Å².